The fraction of sp³-hybridized carbons (Fsp3) is 0.381. The summed E-state index contributed by atoms with van der Waals surface area (Å²) in [6.45, 7) is 8.77. The number of aryl methyl sites for hydroxylation is 1. The van der Waals surface area contributed by atoms with Crippen molar-refractivity contribution in [3.05, 3.63) is 59.2 Å². The highest BCUT2D eigenvalue weighted by Gasteiger charge is 2.28. The predicted octanol–water partition coefficient (Wildman–Crippen LogP) is 4.08. The van der Waals surface area contributed by atoms with Crippen LogP contribution in [-0.2, 0) is 15.4 Å². The third kappa shape index (κ3) is 4.16. The van der Waals surface area contributed by atoms with E-state index >= 15 is 0 Å². The average Bonchev–Trinajstić information content (AvgIpc) is 2.95. The summed E-state index contributed by atoms with van der Waals surface area (Å²) in [6.07, 6.45) is 0.643. The van der Waals surface area contributed by atoms with Crippen molar-refractivity contribution in [1.82, 2.24) is 0 Å². The maximum absolute atomic E-state index is 12.6. The van der Waals surface area contributed by atoms with Crippen molar-refractivity contribution < 1.29 is 13.2 Å². The Balaban J connectivity index is 1.77. The van der Waals surface area contributed by atoms with Crippen LogP contribution in [0, 0.1) is 6.92 Å². The van der Waals surface area contributed by atoms with E-state index in [0.717, 1.165) is 5.56 Å². The van der Waals surface area contributed by atoms with Gasteiger partial charge in [0.1, 0.15) is 0 Å². The van der Waals surface area contributed by atoms with Crippen molar-refractivity contribution >= 4 is 27.3 Å². The summed E-state index contributed by atoms with van der Waals surface area (Å²) in [5.41, 5.74) is 3.96. The van der Waals surface area contributed by atoms with Crippen molar-refractivity contribution in [1.29, 1.82) is 0 Å². The second-order valence-electron chi connectivity index (χ2n) is 8.02. The monoisotopic (exact) mass is 386 g/mol. The quantitative estimate of drug-likeness (QED) is 0.864. The van der Waals surface area contributed by atoms with E-state index in [1.54, 1.807) is 18.2 Å². The zero-order chi connectivity index (χ0) is 19.8. The summed E-state index contributed by atoms with van der Waals surface area (Å²) >= 11 is 0. The van der Waals surface area contributed by atoms with Crippen LogP contribution in [0.2, 0.25) is 0 Å². The van der Waals surface area contributed by atoms with Gasteiger partial charge >= 0.3 is 0 Å². The van der Waals surface area contributed by atoms with Crippen LogP contribution in [-0.4, -0.2) is 26.6 Å². The van der Waals surface area contributed by atoms with Crippen LogP contribution < -0.4 is 9.62 Å². The molecule has 1 amide bonds. The molecule has 27 heavy (non-hydrogen) atoms. The Morgan fingerprint density at radius 3 is 2.26 bits per heavy atom. The molecule has 1 aliphatic heterocycles. The van der Waals surface area contributed by atoms with Crippen LogP contribution in [0.15, 0.2) is 42.5 Å². The van der Waals surface area contributed by atoms with Crippen LogP contribution in [0.25, 0.3) is 0 Å². The molecule has 0 radical (unpaired) electrons. The highest BCUT2D eigenvalue weighted by molar-refractivity contribution is 7.93. The van der Waals surface area contributed by atoms with Gasteiger partial charge in [0, 0.05) is 17.8 Å². The molecule has 0 aliphatic carbocycles. The van der Waals surface area contributed by atoms with Crippen LogP contribution in [0.5, 0.6) is 0 Å². The molecule has 2 aromatic carbocycles. The topological polar surface area (TPSA) is 66.5 Å². The SMILES string of the molecule is Cc1cc(N2CCCS2(=O)=O)ccc1NC(=O)c1ccc(C(C)(C)C)cc1. The molecule has 0 atom stereocenters. The van der Waals surface area contributed by atoms with Crippen molar-refractivity contribution in [2.45, 2.75) is 39.5 Å². The molecule has 1 saturated heterocycles. The Morgan fingerprint density at radius 1 is 1.07 bits per heavy atom. The normalized spacial score (nSPS) is 16.4. The van der Waals surface area contributed by atoms with E-state index in [9.17, 15) is 13.2 Å². The third-order valence-electron chi connectivity index (χ3n) is 4.86. The first-order valence-electron chi connectivity index (χ1n) is 9.11. The summed E-state index contributed by atoms with van der Waals surface area (Å²) in [4.78, 5) is 12.6. The number of nitrogens with one attached hydrogen (secondary N) is 1. The van der Waals surface area contributed by atoms with Crippen LogP contribution in [0.4, 0.5) is 11.4 Å². The highest BCUT2D eigenvalue weighted by atomic mass is 32.2. The molecule has 0 saturated carbocycles. The van der Waals surface area contributed by atoms with Crippen molar-refractivity contribution in [3.63, 3.8) is 0 Å². The number of amides is 1. The zero-order valence-corrected chi connectivity index (χ0v) is 17.1. The Labute approximate surface area is 161 Å². The molecule has 2 aromatic rings. The Kier molecular flexibility index (Phi) is 5.04. The smallest absolute Gasteiger partial charge is 0.255 e. The van der Waals surface area contributed by atoms with Gasteiger partial charge in [-0.1, -0.05) is 32.9 Å². The summed E-state index contributed by atoms with van der Waals surface area (Å²) in [7, 11) is -3.21. The van der Waals surface area contributed by atoms with E-state index in [-0.39, 0.29) is 17.1 Å². The van der Waals surface area contributed by atoms with Gasteiger partial charge in [-0.3, -0.25) is 9.10 Å². The van der Waals surface area contributed by atoms with Gasteiger partial charge in [0.05, 0.1) is 11.4 Å². The number of hydrogen-bond donors (Lipinski definition) is 1. The fourth-order valence-corrected chi connectivity index (χ4v) is 4.75. The van der Waals surface area contributed by atoms with Crippen molar-refractivity contribution in [2.75, 3.05) is 21.9 Å². The van der Waals surface area contributed by atoms with E-state index in [2.05, 4.69) is 26.1 Å². The number of anilines is 2. The van der Waals surface area contributed by atoms with Gasteiger partial charge in [-0.2, -0.15) is 0 Å². The molecule has 1 heterocycles. The second-order valence-corrected chi connectivity index (χ2v) is 10.0. The van der Waals surface area contributed by atoms with Gasteiger partial charge in [-0.05, 0) is 60.2 Å². The lowest BCUT2D eigenvalue weighted by molar-refractivity contribution is 0.102. The summed E-state index contributed by atoms with van der Waals surface area (Å²) < 4.78 is 25.6. The Morgan fingerprint density at radius 2 is 1.74 bits per heavy atom. The molecule has 3 rings (SSSR count). The molecule has 144 valence electrons. The molecular weight excluding hydrogens is 360 g/mol. The lowest BCUT2D eigenvalue weighted by Crippen LogP contribution is -2.25. The minimum absolute atomic E-state index is 0.0390. The lowest BCUT2D eigenvalue weighted by Gasteiger charge is -2.19. The van der Waals surface area contributed by atoms with Crippen LogP contribution >= 0.6 is 0 Å². The van der Waals surface area contributed by atoms with E-state index < -0.39 is 10.0 Å². The first kappa shape index (κ1) is 19.4. The standard InChI is InChI=1S/C21H26N2O3S/c1-15-14-18(23-12-5-13-27(23,25)26)10-11-19(15)22-20(24)16-6-8-17(9-7-16)21(2,3)4/h6-11,14H,5,12-13H2,1-4H3,(H,22,24). The molecule has 0 unspecified atom stereocenters. The summed E-state index contributed by atoms with van der Waals surface area (Å²) in [5, 5.41) is 2.92. The lowest BCUT2D eigenvalue weighted by atomic mass is 9.87. The maximum atomic E-state index is 12.6. The van der Waals surface area contributed by atoms with E-state index in [1.165, 1.54) is 9.87 Å². The number of hydrogen-bond acceptors (Lipinski definition) is 3. The number of carbonyl (C=O) groups excluding carboxylic acids is 1. The number of carbonyl (C=O) groups is 1. The average molecular weight is 387 g/mol. The molecule has 0 aromatic heterocycles. The Hall–Kier alpha value is -2.34. The molecule has 1 fully saturated rings. The van der Waals surface area contributed by atoms with E-state index in [0.29, 0.717) is 29.9 Å². The molecule has 1 aliphatic rings. The second kappa shape index (κ2) is 7.00. The van der Waals surface area contributed by atoms with Gasteiger partial charge in [0.2, 0.25) is 10.0 Å². The third-order valence-corrected chi connectivity index (χ3v) is 6.73. The number of nitrogens with zero attached hydrogens (tertiary/aromatic N) is 1. The molecule has 5 nitrogen and oxygen atoms in total. The number of rotatable bonds is 3. The molecule has 0 spiro atoms. The fourth-order valence-electron chi connectivity index (χ4n) is 3.19. The van der Waals surface area contributed by atoms with Gasteiger partial charge in [-0.15, -0.1) is 0 Å². The highest BCUT2D eigenvalue weighted by Crippen LogP contribution is 2.28. The zero-order valence-electron chi connectivity index (χ0n) is 16.2. The van der Waals surface area contributed by atoms with E-state index in [1.807, 2.05) is 31.2 Å². The molecule has 1 N–H and O–H groups in total. The summed E-state index contributed by atoms with van der Waals surface area (Å²) in [6, 6.07) is 12.9. The van der Waals surface area contributed by atoms with Gasteiger partial charge in [0.15, 0.2) is 0 Å². The molecular formula is C21H26N2O3S. The first-order valence-corrected chi connectivity index (χ1v) is 10.7. The first-order chi connectivity index (χ1) is 12.6. The Bertz CT molecular complexity index is 958. The van der Waals surface area contributed by atoms with E-state index in [4.69, 9.17) is 0 Å². The minimum atomic E-state index is -3.21. The van der Waals surface area contributed by atoms with Crippen molar-refractivity contribution in [2.24, 2.45) is 0 Å². The summed E-state index contributed by atoms with van der Waals surface area (Å²) in [5.74, 6) is 0.00912. The molecule has 6 heteroatoms. The van der Waals surface area contributed by atoms with Gasteiger partial charge in [-0.25, -0.2) is 8.42 Å². The predicted molar refractivity (Wildman–Crippen MR) is 110 cm³/mol. The molecule has 0 bridgehead atoms. The largest absolute Gasteiger partial charge is 0.322 e. The minimum Gasteiger partial charge on any atom is -0.322 e. The van der Waals surface area contributed by atoms with Gasteiger partial charge in [0.25, 0.3) is 5.91 Å². The van der Waals surface area contributed by atoms with Crippen LogP contribution in [0.1, 0.15) is 48.7 Å². The van der Waals surface area contributed by atoms with Gasteiger partial charge < -0.3 is 5.32 Å². The number of sulfonamides is 1. The van der Waals surface area contributed by atoms with Crippen LogP contribution in [0.3, 0.4) is 0 Å². The van der Waals surface area contributed by atoms with Crippen molar-refractivity contribution in [3.8, 4) is 0 Å². The number of benzene rings is 2. The maximum Gasteiger partial charge on any atom is 0.255 e.